The quantitative estimate of drug-likeness (QED) is 0.657. The number of hydrogen-bond acceptors (Lipinski definition) is 3. The van der Waals surface area contributed by atoms with E-state index in [-0.39, 0.29) is 12.0 Å². The lowest BCUT2D eigenvalue weighted by molar-refractivity contribution is -0.127. The molecule has 1 amide bonds. The molecule has 0 aromatic heterocycles. The largest absolute Gasteiger partial charge is 0.491 e. The molecule has 0 aliphatic heterocycles. The van der Waals surface area contributed by atoms with E-state index in [1.54, 1.807) is 6.92 Å². The second-order valence-corrected chi connectivity index (χ2v) is 7.29. The molecule has 0 bridgehead atoms. The number of rotatable bonds is 9. The van der Waals surface area contributed by atoms with Gasteiger partial charge in [0.15, 0.2) is 6.10 Å². The Bertz CT molecular complexity index is 718. The van der Waals surface area contributed by atoms with Gasteiger partial charge in [-0.2, -0.15) is 0 Å². The lowest BCUT2D eigenvalue weighted by atomic mass is 10.1. The van der Waals surface area contributed by atoms with Gasteiger partial charge in [0, 0.05) is 6.54 Å². The zero-order valence-electron chi connectivity index (χ0n) is 17.0. The van der Waals surface area contributed by atoms with Crippen LogP contribution in [0.2, 0.25) is 0 Å². The van der Waals surface area contributed by atoms with Gasteiger partial charge in [-0.25, -0.2) is 0 Å². The Hall–Kier alpha value is -2.49. The van der Waals surface area contributed by atoms with Crippen LogP contribution in [0.1, 0.15) is 43.9 Å². The Kier molecular flexibility index (Phi) is 7.71. The predicted octanol–water partition coefficient (Wildman–Crippen LogP) is 4.61. The Morgan fingerprint density at radius 2 is 1.56 bits per heavy atom. The van der Waals surface area contributed by atoms with Gasteiger partial charge in [0.1, 0.15) is 11.5 Å². The van der Waals surface area contributed by atoms with Gasteiger partial charge in [0.05, 0.1) is 6.10 Å². The summed E-state index contributed by atoms with van der Waals surface area (Å²) < 4.78 is 11.4. The Morgan fingerprint density at radius 1 is 0.926 bits per heavy atom. The first-order valence-electron chi connectivity index (χ1n) is 9.62. The molecule has 2 rings (SSSR count). The van der Waals surface area contributed by atoms with E-state index in [0.29, 0.717) is 6.54 Å². The summed E-state index contributed by atoms with van der Waals surface area (Å²) in [6.07, 6.45) is 1.46. The van der Waals surface area contributed by atoms with Crippen molar-refractivity contribution < 1.29 is 14.3 Å². The van der Waals surface area contributed by atoms with Crippen LogP contribution in [-0.4, -0.2) is 24.7 Å². The molecular weight excluding hydrogens is 338 g/mol. The standard InChI is InChI=1S/C23H31NO3/c1-16(2)26-21-10-8-20(9-11-21)7-6-12-24-23(25)19(5)27-22-14-17(3)13-18(4)15-22/h8-11,13-16,19H,6-7,12H2,1-5H3,(H,24,25). The highest BCUT2D eigenvalue weighted by atomic mass is 16.5. The number of aryl methyl sites for hydroxylation is 3. The van der Waals surface area contributed by atoms with Crippen LogP contribution in [0.3, 0.4) is 0 Å². The Labute approximate surface area is 162 Å². The van der Waals surface area contributed by atoms with E-state index in [0.717, 1.165) is 35.5 Å². The first-order valence-corrected chi connectivity index (χ1v) is 9.62. The van der Waals surface area contributed by atoms with Crippen molar-refractivity contribution in [2.24, 2.45) is 0 Å². The van der Waals surface area contributed by atoms with Crippen LogP contribution in [0.15, 0.2) is 42.5 Å². The van der Waals surface area contributed by atoms with Gasteiger partial charge in [-0.15, -0.1) is 0 Å². The summed E-state index contributed by atoms with van der Waals surface area (Å²) in [5.41, 5.74) is 3.49. The van der Waals surface area contributed by atoms with Crippen molar-refractivity contribution >= 4 is 5.91 Å². The molecule has 0 radical (unpaired) electrons. The highest BCUT2D eigenvalue weighted by molar-refractivity contribution is 5.80. The van der Waals surface area contributed by atoms with Crippen molar-refractivity contribution in [3.05, 3.63) is 59.2 Å². The van der Waals surface area contributed by atoms with Crippen LogP contribution < -0.4 is 14.8 Å². The summed E-state index contributed by atoms with van der Waals surface area (Å²) in [7, 11) is 0. The molecule has 0 aliphatic carbocycles. The SMILES string of the molecule is Cc1cc(C)cc(OC(C)C(=O)NCCCc2ccc(OC(C)C)cc2)c1. The molecule has 0 saturated carbocycles. The normalized spacial score (nSPS) is 11.9. The van der Waals surface area contributed by atoms with Crippen molar-refractivity contribution in [2.45, 2.75) is 59.7 Å². The minimum absolute atomic E-state index is 0.0881. The highest BCUT2D eigenvalue weighted by Crippen LogP contribution is 2.18. The van der Waals surface area contributed by atoms with E-state index < -0.39 is 6.10 Å². The average molecular weight is 370 g/mol. The third kappa shape index (κ3) is 7.33. The molecule has 0 spiro atoms. The number of ether oxygens (including phenoxy) is 2. The van der Waals surface area contributed by atoms with Crippen molar-refractivity contribution in [1.29, 1.82) is 0 Å². The van der Waals surface area contributed by atoms with E-state index in [2.05, 4.69) is 23.5 Å². The molecule has 27 heavy (non-hydrogen) atoms. The summed E-state index contributed by atoms with van der Waals surface area (Å²) in [6.45, 7) is 10.5. The van der Waals surface area contributed by atoms with Gasteiger partial charge >= 0.3 is 0 Å². The summed E-state index contributed by atoms with van der Waals surface area (Å²) in [5, 5.41) is 2.95. The molecule has 1 N–H and O–H groups in total. The summed E-state index contributed by atoms with van der Waals surface area (Å²) in [5.74, 6) is 1.54. The lowest BCUT2D eigenvalue weighted by Gasteiger charge is -2.15. The maximum absolute atomic E-state index is 12.2. The second kappa shape index (κ2) is 10.0. The maximum Gasteiger partial charge on any atom is 0.260 e. The topological polar surface area (TPSA) is 47.6 Å². The molecule has 4 heteroatoms. The molecule has 0 heterocycles. The zero-order valence-corrected chi connectivity index (χ0v) is 17.0. The average Bonchev–Trinajstić information content (AvgIpc) is 2.58. The zero-order chi connectivity index (χ0) is 19.8. The molecule has 1 atom stereocenters. The monoisotopic (exact) mass is 369 g/mol. The molecular formula is C23H31NO3. The number of carbonyl (C=O) groups is 1. The molecule has 1 unspecified atom stereocenters. The van der Waals surface area contributed by atoms with Gasteiger partial charge in [0.25, 0.3) is 5.91 Å². The van der Waals surface area contributed by atoms with E-state index in [1.165, 1.54) is 5.56 Å². The summed E-state index contributed by atoms with van der Waals surface area (Å²) in [6, 6.07) is 14.1. The lowest BCUT2D eigenvalue weighted by Crippen LogP contribution is -2.37. The van der Waals surface area contributed by atoms with Crippen LogP contribution >= 0.6 is 0 Å². The van der Waals surface area contributed by atoms with Crippen LogP contribution in [0.4, 0.5) is 0 Å². The molecule has 0 fully saturated rings. The van der Waals surface area contributed by atoms with Crippen molar-refractivity contribution in [1.82, 2.24) is 5.32 Å². The molecule has 0 aliphatic rings. The molecule has 4 nitrogen and oxygen atoms in total. The fourth-order valence-corrected chi connectivity index (χ4v) is 2.91. The van der Waals surface area contributed by atoms with Gasteiger partial charge in [-0.3, -0.25) is 4.79 Å². The number of hydrogen-bond donors (Lipinski definition) is 1. The number of benzene rings is 2. The second-order valence-electron chi connectivity index (χ2n) is 7.29. The van der Waals surface area contributed by atoms with Crippen molar-refractivity contribution in [3.63, 3.8) is 0 Å². The molecule has 146 valence electrons. The van der Waals surface area contributed by atoms with Crippen LogP contribution in [-0.2, 0) is 11.2 Å². The van der Waals surface area contributed by atoms with Gasteiger partial charge < -0.3 is 14.8 Å². The van der Waals surface area contributed by atoms with Gasteiger partial charge in [0.2, 0.25) is 0 Å². The van der Waals surface area contributed by atoms with E-state index in [9.17, 15) is 4.79 Å². The van der Waals surface area contributed by atoms with E-state index in [1.807, 2.05) is 52.0 Å². The minimum atomic E-state index is -0.515. The van der Waals surface area contributed by atoms with Crippen LogP contribution in [0.25, 0.3) is 0 Å². The van der Waals surface area contributed by atoms with Gasteiger partial charge in [-0.1, -0.05) is 18.2 Å². The van der Waals surface area contributed by atoms with E-state index >= 15 is 0 Å². The first kappa shape index (κ1) is 20.8. The number of amides is 1. The Balaban J connectivity index is 1.72. The predicted molar refractivity (Wildman–Crippen MR) is 110 cm³/mol. The maximum atomic E-state index is 12.2. The summed E-state index contributed by atoms with van der Waals surface area (Å²) in [4.78, 5) is 12.2. The number of carbonyl (C=O) groups excluding carboxylic acids is 1. The fraction of sp³-hybridized carbons (Fsp3) is 0.435. The fourth-order valence-electron chi connectivity index (χ4n) is 2.91. The van der Waals surface area contributed by atoms with Crippen LogP contribution in [0, 0.1) is 13.8 Å². The number of nitrogens with one attached hydrogen (secondary N) is 1. The first-order chi connectivity index (χ1) is 12.8. The third-order valence-corrected chi connectivity index (χ3v) is 4.11. The minimum Gasteiger partial charge on any atom is -0.491 e. The smallest absolute Gasteiger partial charge is 0.260 e. The summed E-state index contributed by atoms with van der Waals surface area (Å²) >= 11 is 0. The Morgan fingerprint density at radius 3 is 2.15 bits per heavy atom. The van der Waals surface area contributed by atoms with Crippen molar-refractivity contribution in [2.75, 3.05) is 6.54 Å². The molecule has 0 saturated heterocycles. The molecule has 2 aromatic rings. The third-order valence-electron chi connectivity index (χ3n) is 4.11. The van der Waals surface area contributed by atoms with E-state index in [4.69, 9.17) is 9.47 Å². The highest BCUT2D eigenvalue weighted by Gasteiger charge is 2.14. The van der Waals surface area contributed by atoms with Crippen LogP contribution in [0.5, 0.6) is 11.5 Å². The molecule has 2 aromatic carbocycles. The van der Waals surface area contributed by atoms with Crippen molar-refractivity contribution in [3.8, 4) is 11.5 Å². The van der Waals surface area contributed by atoms with Gasteiger partial charge in [-0.05, 0) is 88.4 Å².